The fraction of sp³-hybridized carbons (Fsp3) is 0.241. The average molecular weight is 471 g/mol. The van der Waals surface area contributed by atoms with Crippen LogP contribution in [0.5, 0.6) is 0 Å². The predicted octanol–water partition coefficient (Wildman–Crippen LogP) is 5.28. The van der Waals surface area contributed by atoms with Gasteiger partial charge >= 0.3 is 11.9 Å². The molecule has 6 heteroatoms. The number of hydrogen-bond acceptors (Lipinski definition) is 6. The van der Waals surface area contributed by atoms with Crippen LogP contribution in [0.1, 0.15) is 44.0 Å². The summed E-state index contributed by atoms with van der Waals surface area (Å²) in [6.07, 6.45) is 3.23. The average Bonchev–Trinajstić information content (AvgIpc) is 2.86. The number of hydrogen-bond donors (Lipinski definition) is 0. The molecule has 180 valence electrons. The fourth-order valence-electron chi connectivity index (χ4n) is 3.40. The minimum absolute atomic E-state index is 0.0126. The van der Waals surface area contributed by atoms with E-state index in [0.717, 1.165) is 11.1 Å². The number of rotatable bonds is 8. The summed E-state index contributed by atoms with van der Waals surface area (Å²) in [6.45, 7) is 5.39. The molecule has 6 nitrogen and oxygen atoms in total. The summed E-state index contributed by atoms with van der Waals surface area (Å²) < 4.78 is 10.7. The number of benzene rings is 2. The first kappa shape index (κ1) is 25.6. The van der Waals surface area contributed by atoms with Gasteiger partial charge in [0.15, 0.2) is 6.04 Å². The van der Waals surface area contributed by atoms with E-state index in [1.807, 2.05) is 66.7 Å². The Labute approximate surface area is 206 Å². The van der Waals surface area contributed by atoms with Gasteiger partial charge in [-0.15, -0.1) is 0 Å². The molecule has 1 atom stereocenters. The predicted molar refractivity (Wildman–Crippen MR) is 137 cm³/mol. The monoisotopic (exact) mass is 470 g/mol. The third-order valence-corrected chi connectivity index (χ3v) is 4.93. The van der Waals surface area contributed by atoms with Crippen LogP contribution < -0.4 is 0 Å². The van der Waals surface area contributed by atoms with Crippen molar-refractivity contribution in [3.8, 4) is 0 Å². The maximum absolute atomic E-state index is 13.3. The molecule has 3 rings (SSSR count). The summed E-state index contributed by atoms with van der Waals surface area (Å²) in [4.78, 5) is 35.1. The molecule has 1 aromatic heterocycles. The van der Waals surface area contributed by atoms with Gasteiger partial charge in [0.2, 0.25) is 0 Å². The van der Waals surface area contributed by atoms with Crippen LogP contribution in [-0.2, 0) is 19.1 Å². The molecule has 0 amide bonds. The Morgan fingerprint density at radius 2 is 1.49 bits per heavy atom. The summed E-state index contributed by atoms with van der Waals surface area (Å²) in [5.74, 6) is -1.09. The van der Waals surface area contributed by atoms with Crippen molar-refractivity contribution in [1.82, 2.24) is 4.98 Å². The Morgan fingerprint density at radius 3 is 1.97 bits per heavy atom. The van der Waals surface area contributed by atoms with E-state index in [4.69, 9.17) is 14.5 Å². The van der Waals surface area contributed by atoms with Gasteiger partial charge in [0.25, 0.3) is 0 Å². The molecule has 0 bridgehead atoms. The Kier molecular flexibility index (Phi) is 8.68. The molecule has 3 aromatic rings. The number of aliphatic imine (C=N–C) groups is 1. The highest BCUT2D eigenvalue weighted by Crippen LogP contribution is 2.21. The minimum atomic E-state index is -0.987. The van der Waals surface area contributed by atoms with Gasteiger partial charge < -0.3 is 9.47 Å². The van der Waals surface area contributed by atoms with Crippen LogP contribution in [0.2, 0.25) is 0 Å². The first-order valence-corrected chi connectivity index (χ1v) is 11.4. The third kappa shape index (κ3) is 7.74. The zero-order valence-electron chi connectivity index (χ0n) is 20.5. The standard InChI is InChI=1S/C29H30N2O4/c1-29(2,3)35-28(33)25(20-23(27(32)34-4)19-24-17-11-12-18-30-24)31-26(21-13-7-5-8-14-21)22-15-9-6-10-16-22/h5-19,25H,20H2,1-4H3/b23-19-/t25-/m0/s1. The summed E-state index contributed by atoms with van der Waals surface area (Å²) in [5, 5.41) is 0. The molecule has 0 N–H and O–H groups in total. The molecule has 1 heterocycles. The molecule has 0 saturated carbocycles. The molecule has 0 aliphatic carbocycles. The number of esters is 2. The summed E-state index contributed by atoms with van der Waals surface area (Å²) in [6, 6.07) is 23.6. The number of nitrogens with zero attached hydrogens (tertiary/aromatic N) is 2. The first-order valence-electron chi connectivity index (χ1n) is 11.4. The molecule has 0 aliphatic rings. The molecular weight excluding hydrogens is 440 g/mol. The lowest BCUT2D eigenvalue weighted by Crippen LogP contribution is -2.32. The smallest absolute Gasteiger partial charge is 0.333 e. The fourth-order valence-corrected chi connectivity index (χ4v) is 3.40. The second kappa shape index (κ2) is 11.9. The molecule has 0 fully saturated rings. The van der Waals surface area contributed by atoms with Crippen molar-refractivity contribution in [2.24, 2.45) is 4.99 Å². The lowest BCUT2D eigenvalue weighted by Gasteiger charge is -2.23. The van der Waals surface area contributed by atoms with Gasteiger partial charge in [-0.2, -0.15) is 0 Å². The van der Waals surface area contributed by atoms with Crippen molar-refractivity contribution >= 4 is 23.7 Å². The molecule has 2 aromatic carbocycles. The molecule has 35 heavy (non-hydrogen) atoms. The van der Waals surface area contributed by atoms with Gasteiger partial charge in [-0.3, -0.25) is 9.98 Å². The zero-order chi connectivity index (χ0) is 25.3. The lowest BCUT2D eigenvalue weighted by atomic mass is 10.00. The number of carbonyl (C=O) groups excluding carboxylic acids is 2. The highest BCUT2D eigenvalue weighted by Gasteiger charge is 2.29. The second-order valence-electron chi connectivity index (χ2n) is 8.88. The van der Waals surface area contributed by atoms with Crippen LogP contribution in [-0.4, -0.2) is 41.4 Å². The lowest BCUT2D eigenvalue weighted by molar-refractivity contribution is -0.156. The van der Waals surface area contributed by atoms with Crippen LogP contribution >= 0.6 is 0 Å². The Bertz CT molecular complexity index is 1140. The largest absolute Gasteiger partial charge is 0.466 e. The Morgan fingerprint density at radius 1 is 0.914 bits per heavy atom. The van der Waals surface area contributed by atoms with Gasteiger partial charge in [0.1, 0.15) is 5.60 Å². The van der Waals surface area contributed by atoms with Crippen LogP contribution in [0, 0.1) is 0 Å². The third-order valence-electron chi connectivity index (χ3n) is 4.93. The summed E-state index contributed by atoms with van der Waals surface area (Å²) in [5.41, 5.74) is 2.45. The van der Waals surface area contributed by atoms with Crippen molar-refractivity contribution in [2.75, 3.05) is 7.11 Å². The van der Waals surface area contributed by atoms with Crippen molar-refractivity contribution in [3.05, 3.63) is 107 Å². The Hall–Kier alpha value is -4.06. The molecular formula is C29H30N2O4. The van der Waals surface area contributed by atoms with Gasteiger partial charge in [0.05, 0.1) is 18.5 Å². The topological polar surface area (TPSA) is 77.9 Å². The minimum Gasteiger partial charge on any atom is -0.466 e. The first-order chi connectivity index (χ1) is 16.8. The number of aromatic nitrogens is 1. The SMILES string of the molecule is COC(=O)/C(=C\c1ccccn1)C[C@H](N=C(c1ccccc1)c1ccccc1)C(=O)OC(C)(C)C. The van der Waals surface area contributed by atoms with E-state index in [1.165, 1.54) is 7.11 Å². The normalized spacial score (nSPS) is 12.4. The van der Waals surface area contributed by atoms with Crippen LogP contribution in [0.15, 0.2) is 95.6 Å². The van der Waals surface area contributed by atoms with Gasteiger partial charge in [-0.05, 0) is 39.0 Å². The number of pyridine rings is 1. The van der Waals surface area contributed by atoms with E-state index in [-0.39, 0.29) is 12.0 Å². The van der Waals surface area contributed by atoms with E-state index in [2.05, 4.69) is 4.98 Å². The molecule has 0 spiro atoms. The van der Waals surface area contributed by atoms with Crippen LogP contribution in [0.3, 0.4) is 0 Å². The van der Waals surface area contributed by atoms with E-state index in [1.54, 1.807) is 45.2 Å². The molecule has 0 radical (unpaired) electrons. The van der Waals surface area contributed by atoms with E-state index in [9.17, 15) is 9.59 Å². The maximum Gasteiger partial charge on any atom is 0.333 e. The number of carbonyl (C=O) groups is 2. The highest BCUT2D eigenvalue weighted by atomic mass is 16.6. The molecule has 0 unspecified atom stereocenters. The summed E-state index contributed by atoms with van der Waals surface area (Å²) >= 11 is 0. The van der Waals surface area contributed by atoms with Gasteiger partial charge in [-0.1, -0.05) is 66.7 Å². The summed E-state index contributed by atoms with van der Waals surface area (Å²) in [7, 11) is 1.31. The highest BCUT2D eigenvalue weighted by molar-refractivity contribution is 6.13. The number of methoxy groups -OCH3 is 1. The van der Waals surface area contributed by atoms with E-state index < -0.39 is 23.6 Å². The molecule has 0 saturated heterocycles. The van der Waals surface area contributed by atoms with Crippen molar-refractivity contribution in [2.45, 2.75) is 38.8 Å². The van der Waals surface area contributed by atoms with Crippen LogP contribution in [0.25, 0.3) is 6.08 Å². The van der Waals surface area contributed by atoms with Crippen molar-refractivity contribution in [1.29, 1.82) is 0 Å². The van der Waals surface area contributed by atoms with Gasteiger partial charge in [-0.25, -0.2) is 9.59 Å². The van der Waals surface area contributed by atoms with Gasteiger partial charge in [0, 0.05) is 29.3 Å². The molecule has 0 aliphatic heterocycles. The quantitative estimate of drug-likeness (QED) is 0.254. The second-order valence-corrected chi connectivity index (χ2v) is 8.88. The van der Waals surface area contributed by atoms with Crippen molar-refractivity contribution < 1.29 is 19.1 Å². The van der Waals surface area contributed by atoms with E-state index >= 15 is 0 Å². The Balaban J connectivity index is 2.12. The maximum atomic E-state index is 13.3. The van der Waals surface area contributed by atoms with Crippen LogP contribution in [0.4, 0.5) is 0 Å². The number of ether oxygens (including phenoxy) is 2. The van der Waals surface area contributed by atoms with Crippen molar-refractivity contribution in [3.63, 3.8) is 0 Å². The zero-order valence-corrected chi connectivity index (χ0v) is 20.5. The van der Waals surface area contributed by atoms with E-state index in [0.29, 0.717) is 11.4 Å².